The number of nitrogens with zero attached hydrogens (tertiary/aromatic N) is 3. The number of hydrogen-bond donors (Lipinski definition) is 2. The van der Waals surface area contributed by atoms with Crippen molar-refractivity contribution in [1.29, 1.82) is 0 Å². The third-order valence-corrected chi connectivity index (χ3v) is 9.42. The van der Waals surface area contributed by atoms with Crippen molar-refractivity contribution in [1.82, 2.24) is 14.8 Å². The predicted molar refractivity (Wildman–Crippen MR) is 172 cm³/mol. The van der Waals surface area contributed by atoms with Gasteiger partial charge in [0.25, 0.3) is 10.0 Å². The van der Waals surface area contributed by atoms with Crippen molar-refractivity contribution in [3.05, 3.63) is 83.4 Å². The Morgan fingerprint density at radius 2 is 1.67 bits per heavy atom. The summed E-state index contributed by atoms with van der Waals surface area (Å²) in [4.78, 5) is 12.9. The number of halogens is 1. The first-order chi connectivity index (χ1) is 20.0. The molecule has 0 fully saturated rings. The molecule has 1 aromatic heterocycles. The lowest BCUT2D eigenvalue weighted by Crippen LogP contribution is -2.16. The second-order valence-electron chi connectivity index (χ2n) is 10.6. The summed E-state index contributed by atoms with van der Waals surface area (Å²) in [5.74, 6) is 1.14. The van der Waals surface area contributed by atoms with Crippen LogP contribution < -0.4 is 10.0 Å². The molecule has 0 radical (unpaired) electrons. The van der Waals surface area contributed by atoms with E-state index in [9.17, 15) is 13.2 Å². The van der Waals surface area contributed by atoms with Gasteiger partial charge < -0.3 is 5.32 Å². The summed E-state index contributed by atoms with van der Waals surface area (Å²) in [6.07, 6.45) is 2.99. The fourth-order valence-electron chi connectivity index (χ4n) is 4.50. The molecule has 0 aliphatic rings. The Balaban J connectivity index is 1.61. The zero-order valence-corrected chi connectivity index (χ0v) is 26.6. The second-order valence-corrected chi connectivity index (χ2v) is 13.6. The lowest BCUT2D eigenvalue weighted by molar-refractivity contribution is -0.113. The summed E-state index contributed by atoms with van der Waals surface area (Å²) >= 11 is 7.50. The normalized spacial score (nSPS) is 12.3. The van der Waals surface area contributed by atoms with Crippen LogP contribution in [0, 0.1) is 12.8 Å². The van der Waals surface area contributed by atoms with Crippen molar-refractivity contribution in [3.63, 3.8) is 0 Å². The highest BCUT2D eigenvalue weighted by atomic mass is 35.5. The highest BCUT2D eigenvalue weighted by molar-refractivity contribution is 7.99. The first kappa shape index (κ1) is 31.6. The van der Waals surface area contributed by atoms with Gasteiger partial charge in [-0.15, -0.1) is 10.2 Å². The Hall–Kier alpha value is -3.34. The third-order valence-electron chi connectivity index (χ3n) is 6.78. The number of nitrogens with one attached hydrogen (secondary N) is 2. The fourth-order valence-corrected chi connectivity index (χ4v) is 6.70. The molecular formula is C31H36ClN5O3S2. The van der Waals surface area contributed by atoms with E-state index in [2.05, 4.69) is 41.0 Å². The number of sulfonamides is 1. The molecule has 0 spiro atoms. The molecule has 1 atom stereocenters. The lowest BCUT2D eigenvalue weighted by atomic mass is 10.0. The molecule has 42 heavy (non-hydrogen) atoms. The first-order valence-corrected chi connectivity index (χ1v) is 16.7. The Bertz CT molecular complexity index is 1640. The second kappa shape index (κ2) is 14.2. The molecule has 3 aromatic carbocycles. The average molecular weight is 626 g/mol. The van der Waals surface area contributed by atoms with Gasteiger partial charge >= 0.3 is 0 Å². The van der Waals surface area contributed by atoms with Gasteiger partial charge in [-0.3, -0.25) is 14.1 Å². The molecule has 8 nitrogen and oxygen atoms in total. The van der Waals surface area contributed by atoms with Crippen molar-refractivity contribution in [2.45, 2.75) is 63.1 Å². The summed E-state index contributed by atoms with van der Waals surface area (Å²) in [7, 11) is -3.92. The highest BCUT2D eigenvalue weighted by Gasteiger charge is 2.23. The minimum atomic E-state index is -3.92. The molecular weight excluding hydrogens is 590 g/mol. The molecule has 11 heteroatoms. The van der Waals surface area contributed by atoms with Crippen LogP contribution in [0.4, 0.5) is 11.4 Å². The van der Waals surface area contributed by atoms with E-state index in [0.717, 1.165) is 30.5 Å². The van der Waals surface area contributed by atoms with Gasteiger partial charge in [0, 0.05) is 17.3 Å². The molecule has 4 aromatic rings. The maximum atomic E-state index is 13.3. The Morgan fingerprint density at radius 1 is 0.952 bits per heavy atom. The molecule has 1 amide bonds. The quantitative estimate of drug-likeness (QED) is 0.147. The van der Waals surface area contributed by atoms with E-state index in [-0.39, 0.29) is 22.6 Å². The highest BCUT2D eigenvalue weighted by Crippen LogP contribution is 2.32. The molecule has 0 unspecified atom stereocenters. The van der Waals surface area contributed by atoms with Crippen LogP contribution in [0.5, 0.6) is 0 Å². The van der Waals surface area contributed by atoms with E-state index >= 15 is 0 Å². The molecule has 2 N–H and O–H groups in total. The van der Waals surface area contributed by atoms with Gasteiger partial charge in [-0.1, -0.05) is 92.5 Å². The number of carbonyl (C=O) groups excluding carboxylic acids is 1. The number of thioether (sulfide) groups is 1. The fraction of sp³-hybridized carbons (Fsp3) is 0.323. The van der Waals surface area contributed by atoms with Crippen LogP contribution in [0.25, 0.3) is 11.4 Å². The van der Waals surface area contributed by atoms with E-state index in [1.807, 2.05) is 41.8 Å². The van der Waals surface area contributed by atoms with Crippen molar-refractivity contribution in [3.8, 4) is 11.4 Å². The van der Waals surface area contributed by atoms with Gasteiger partial charge in [0.1, 0.15) is 0 Å². The Kier molecular flexibility index (Phi) is 10.7. The monoisotopic (exact) mass is 625 g/mol. The minimum absolute atomic E-state index is 0.0252. The van der Waals surface area contributed by atoms with Crippen LogP contribution in [0.3, 0.4) is 0 Å². The number of anilines is 2. The van der Waals surface area contributed by atoms with E-state index in [4.69, 9.17) is 11.6 Å². The smallest absolute Gasteiger partial charge is 0.261 e. The van der Waals surface area contributed by atoms with E-state index < -0.39 is 10.0 Å². The Morgan fingerprint density at radius 3 is 2.38 bits per heavy atom. The molecule has 222 valence electrons. The summed E-state index contributed by atoms with van der Waals surface area (Å²) < 4.78 is 31.1. The summed E-state index contributed by atoms with van der Waals surface area (Å²) in [6.45, 7) is 8.45. The van der Waals surface area contributed by atoms with Crippen LogP contribution in [0.1, 0.15) is 51.6 Å². The topological polar surface area (TPSA) is 106 Å². The minimum Gasteiger partial charge on any atom is -0.325 e. The largest absolute Gasteiger partial charge is 0.325 e. The molecule has 0 bridgehead atoms. The molecule has 0 saturated carbocycles. The maximum Gasteiger partial charge on any atom is 0.261 e. The number of carbonyl (C=O) groups is 1. The van der Waals surface area contributed by atoms with E-state index in [1.165, 1.54) is 17.8 Å². The first-order valence-electron chi connectivity index (χ1n) is 13.9. The number of benzene rings is 3. The zero-order valence-electron chi connectivity index (χ0n) is 24.2. The van der Waals surface area contributed by atoms with Crippen LogP contribution in [-0.2, 0) is 14.8 Å². The summed E-state index contributed by atoms with van der Waals surface area (Å²) in [5, 5.41) is 12.8. The van der Waals surface area contributed by atoms with Crippen molar-refractivity contribution in [2.24, 2.45) is 5.92 Å². The van der Waals surface area contributed by atoms with E-state index in [1.54, 1.807) is 36.4 Å². The SMILES string of the molecule is Cc1ccccc1NC(=O)CSc1nnc(-c2cccc(S(=O)(=O)Nc3ccccc3Cl)c2)n1[C@@H](C)CCCC(C)C. The van der Waals surface area contributed by atoms with Gasteiger partial charge in [-0.2, -0.15) is 0 Å². The van der Waals surface area contributed by atoms with Gasteiger partial charge in [0.05, 0.1) is 21.4 Å². The zero-order chi connectivity index (χ0) is 30.3. The van der Waals surface area contributed by atoms with Crippen molar-refractivity contribution < 1.29 is 13.2 Å². The number of hydrogen-bond acceptors (Lipinski definition) is 6. The van der Waals surface area contributed by atoms with Gasteiger partial charge in [-0.05, 0) is 62.1 Å². The standard InChI is InChI=1S/C31H36ClN5O3S2/c1-21(2)11-9-13-23(4)37-30(34-35-31(37)41-20-29(38)33-27-17-7-5-12-22(27)3)24-14-10-15-25(19-24)42(39,40)36-28-18-8-6-16-26(28)32/h5-8,10,12,14-19,21,23,36H,9,11,13,20H2,1-4H3,(H,33,38)/t23-/m0/s1. The molecule has 0 aliphatic heterocycles. The predicted octanol–water partition coefficient (Wildman–Crippen LogP) is 7.83. The van der Waals surface area contributed by atoms with Crippen LogP contribution in [-0.4, -0.2) is 34.8 Å². The van der Waals surface area contributed by atoms with Crippen LogP contribution in [0.15, 0.2) is 82.8 Å². The summed E-state index contributed by atoms with van der Waals surface area (Å²) in [6, 6.07) is 20.9. The van der Waals surface area contributed by atoms with Gasteiger partial charge in [-0.25, -0.2) is 8.42 Å². The lowest BCUT2D eigenvalue weighted by Gasteiger charge is -2.19. The number of aromatic nitrogens is 3. The number of rotatable bonds is 13. The Labute approximate surface area is 257 Å². The number of amides is 1. The molecule has 0 saturated heterocycles. The average Bonchev–Trinajstić information content (AvgIpc) is 3.38. The van der Waals surface area contributed by atoms with Crippen molar-refractivity contribution >= 4 is 50.7 Å². The molecule has 4 rings (SSSR count). The van der Waals surface area contributed by atoms with E-state index in [0.29, 0.717) is 33.2 Å². The molecule has 0 aliphatic carbocycles. The third kappa shape index (κ3) is 8.14. The van der Waals surface area contributed by atoms with Crippen molar-refractivity contribution in [2.75, 3.05) is 15.8 Å². The summed E-state index contributed by atoms with van der Waals surface area (Å²) in [5.41, 5.74) is 2.67. The van der Waals surface area contributed by atoms with Crippen LogP contribution in [0.2, 0.25) is 5.02 Å². The van der Waals surface area contributed by atoms with Gasteiger partial charge in [0.15, 0.2) is 11.0 Å². The van der Waals surface area contributed by atoms with Crippen LogP contribution >= 0.6 is 23.4 Å². The number of aryl methyl sites for hydroxylation is 1. The molecule has 1 heterocycles. The van der Waals surface area contributed by atoms with Gasteiger partial charge in [0.2, 0.25) is 5.91 Å². The number of para-hydroxylation sites is 2. The maximum absolute atomic E-state index is 13.3.